The van der Waals surface area contributed by atoms with E-state index in [-0.39, 0.29) is 6.61 Å². The average Bonchev–Trinajstić information content (AvgIpc) is 2.70. The normalized spacial score (nSPS) is 11.4. The van der Waals surface area contributed by atoms with Crippen LogP contribution in [0.15, 0.2) is 41.3 Å². The highest BCUT2D eigenvalue weighted by atomic mass is 32.1. The van der Waals surface area contributed by atoms with Crippen molar-refractivity contribution in [3.05, 3.63) is 42.0 Å². The van der Waals surface area contributed by atoms with Crippen molar-refractivity contribution in [2.24, 2.45) is 0 Å². The van der Waals surface area contributed by atoms with Gasteiger partial charge in [-0.3, -0.25) is 0 Å². The molecule has 86 valence electrons. The molecule has 17 heavy (non-hydrogen) atoms. The zero-order chi connectivity index (χ0) is 11.8. The number of thiophene rings is 1. The van der Waals surface area contributed by atoms with Gasteiger partial charge in [0.25, 0.3) is 0 Å². The maximum Gasteiger partial charge on any atom is 0.0471 e. The van der Waals surface area contributed by atoms with Crippen LogP contribution in [0.3, 0.4) is 0 Å². The number of hydrogen-bond donors (Lipinski definition) is 2. The van der Waals surface area contributed by atoms with Crippen LogP contribution in [0, 0.1) is 0 Å². The van der Waals surface area contributed by atoms with E-state index in [1.54, 1.807) is 11.3 Å². The minimum absolute atomic E-state index is 0.186. The molecule has 0 spiro atoms. The molecule has 0 bridgehead atoms. The summed E-state index contributed by atoms with van der Waals surface area (Å²) in [5.74, 6) is 0. The molecule has 3 heteroatoms. The van der Waals surface area contributed by atoms with Gasteiger partial charge in [-0.25, -0.2) is 0 Å². The Morgan fingerprint density at radius 1 is 1.00 bits per heavy atom. The van der Waals surface area contributed by atoms with Crippen molar-refractivity contribution in [1.29, 1.82) is 0 Å². The second-order valence-electron chi connectivity index (χ2n) is 4.02. The first-order valence-corrected chi connectivity index (χ1v) is 6.80. The fourth-order valence-electron chi connectivity index (χ4n) is 2.25. The standard InChI is InChI=1S/C14H12OS2/c15-8-7-9-3-1-5-11-13(9)14-10(16)4-2-6-12(14)17-11/h1-6,15-16H,7-8H2. The number of rotatable bonds is 2. The number of fused-ring (bicyclic) bond motifs is 3. The molecule has 1 N–H and O–H groups in total. The van der Waals surface area contributed by atoms with Gasteiger partial charge in [-0.05, 0) is 30.2 Å². The molecule has 0 radical (unpaired) electrons. The van der Waals surface area contributed by atoms with Crippen LogP contribution < -0.4 is 0 Å². The summed E-state index contributed by atoms with van der Waals surface area (Å²) in [5.41, 5.74) is 1.21. The summed E-state index contributed by atoms with van der Waals surface area (Å²) < 4.78 is 2.53. The summed E-state index contributed by atoms with van der Waals surface area (Å²) >= 11 is 6.34. The number of hydrogen-bond acceptors (Lipinski definition) is 3. The maximum absolute atomic E-state index is 9.14. The minimum Gasteiger partial charge on any atom is -0.396 e. The Morgan fingerprint density at radius 3 is 2.47 bits per heavy atom. The lowest BCUT2D eigenvalue weighted by Crippen LogP contribution is -1.90. The maximum atomic E-state index is 9.14. The fraction of sp³-hybridized carbons (Fsp3) is 0.143. The summed E-state index contributed by atoms with van der Waals surface area (Å²) in [7, 11) is 0. The average molecular weight is 260 g/mol. The predicted octanol–water partition coefficient (Wildman–Crippen LogP) is 3.88. The molecule has 3 rings (SSSR count). The molecule has 1 aromatic heterocycles. The first-order chi connectivity index (χ1) is 8.31. The molecule has 0 unspecified atom stereocenters. The van der Waals surface area contributed by atoms with E-state index in [9.17, 15) is 0 Å². The summed E-state index contributed by atoms with van der Waals surface area (Å²) in [6.07, 6.45) is 0.700. The van der Waals surface area contributed by atoms with Gasteiger partial charge in [-0.15, -0.1) is 24.0 Å². The highest BCUT2D eigenvalue weighted by molar-refractivity contribution is 7.80. The summed E-state index contributed by atoms with van der Waals surface area (Å²) in [6.45, 7) is 0.186. The van der Waals surface area contributed by atoms with E-state index in [0.29, 0.717) is 6.42 Å². The molecule has 0 fully saturated rings. The van der Waals surface area contributed by atoms with Crippen molar-refractivity contribution >= 4 is 44.1 Å². The quantitative estimate of drug-likeness (QED) is 0.670. The molecular formula is C14H12OS2. The lowest BCUT2D eigenvalue weighted by Gasteiger charge is -2.02. The van der Waals surface area contributed by atoms with Gasteiger partial charge in [0.15, 0.2) is 0 Å². The smallest absolute Gasteiger partial charge is 0.0471 e. The van der Waals surface area contributed by atoms with Gasteiger partial charge in [0, 0.05) is 31.7 Å². The van der Waals surface area contributed by atoms with Crippen LogP contribution in [0.5, 0.6) is 0 Å². The molecular weight excluding hydrogens is 248 g/mol. The third kappa shape index (κ3) is 1.75. The van der Waals surface area contributed by atoms with Crippen molar-refractivity contribution in [2.45, 2.75) is 11.3 Å². The SMILES string of the molecule is OCCc1cccc2sc3cccc(S)c3c12. The van der Waals surface area contributed by atoms with Crippen molar-refractivity contribution in [1.82, 2.24) is 0 Å². The monoisotopic (exact) mass is 260 g/mol. The van der Waals surface area contributed by atoms with Crippen molar-refractivity contribution in [3.63, 3.8) is 0 Å². The number of aliphatic hydroxyl groups is 1. The Morgan fingerprint density at radius 2 is 1.71 bits per heavy atom. The van der Waals surface area contributed by atoms with E-state index in [4.69, 9.17) is 5.11 Å². The fourth-order valence-corrected chi connectivity index (χ4v) is 3.82. The molecule has 1 nitrogen and oxygen atoms in total. The lowest BCUT2D eigenvalue weighted by molar-refractivity contribution is 0.300. The Labute approximate surface area is 109 Å². The lowest BCUT2D eigenvalue weighted by atomic mass is 10.0. The summed E-state index contributed by atoms with van der Waals surface area (Å²) in [4.78, 5) is 1.01. The third-order valence-corrected chi connectivity index (χ3v) is 4.46. The molecule has 0 saturated heterocycles. The van der Waals surface area contributed by atoms with Gasteiger partial charge in [0.05, 0.1) is 0 Å². The van der Waals surface area contributed by atoms with E-state index in [1.807, 2.05) is 12.1 Å². The van der Waals surface area contributed by atoms with Crippen LogP contribution in [0.4, 0.5) is 0 Å². The Kier molecular flexibility index (Phi) is 2.82. The van der Waals surface area contributed by atoms with Gasteiger partial charge in [-0.1, -0.05) is 18.2 Å². The third-order valence-electron chi connectivity index (χ3n) is 2.97. The number of aliphatic hydroxyl groups excluding tert-OH is 1. The van der Waals surface area contributed by atoms with Crippen molar-refractivity contribution in [3.8, 4) is 0 Å². The van der Waals surface area contributed by atoms with E-state index in [1.165, 1.54) is 25.7 Å². The summed E-state index contributed by atoms with van der Waals surface area (Å²) in [5, 5.41) is 11.6. The molecule has 0 aliphatic rings. The topological polar surface area (TPSA) is 20.2 Å². The Bertz CT molecular complexity index is 685. The first kappa shape index (κ1) is 11.1. The van der Waals surface area contributed by atoms with Gasteiger partial charge in [0.1, 0.15) is 0 Å². The van der Waals surface area contributed by atoms with Crippen LogP contribution in [-0.4, -0.2) is 11.7 Å². The molecule has 0 atom stereocenters. The van der Waals surface area contributed by atoms with Gasteiger partial charge in [-0.2, -0.15) is 0 Å². The molecule has 0 aliphatic carbocycles. The zero-order valence-electron chi connectivity index (χ0n) is 9.18. The minimum atomic E-state index is 0.186. The van der Waals surface area contributed by atoms with Gasteiger partial charge >= 0.3 is 0 Å². The van der Waals surface area contributed by atoms with Crippen molar-refractivity contribution in [2.75, 3.05) is 6.61 Å². The molecule has 2 aromatic carbocycles. The zero-order valence-corrected chi connectivity index (χ0v) is 10.9. The van der Waals surface area contributed by atoms with E-state index in [0.717, 1.165) is 4.90 Å². The van der Waals surface area contributed by atoms with Crippen LogP contribution in [0.1, 0.15) is 5.56 Å². The molecule has 0 saturated carbocycles. The van der Waals surface area contributed by atoms with Crippen LogP contribution in [0.2, 0.25) is 0 Å². The number of thiol groups is 1. The highest BCUT2D eigenvalue weighted by Crippen LogP contribution is 2.39. The molecule has 3 aromatic rings. The van der Waals surface area contributed by atoms with Gasteiger partial charge < -0.3 is 5.11 Å². The largest absolute Gasteiger partial charge is 0.396 e. The first-order valence-electron chi connectivity index (χ1n) is 5.54. The van der Waals surface area contributed by atoms with Crippen molar-refractivity contribution < 1.29 is 5.11 Å². The second-order valence-corrected chi connectivity index (χ2v) is 5.58. The highest BCUT2D eigenvalue weighted by Gasteiger charge is 2.10. The molecule has 1 heterocycles. The summed E-state index contributed by atoms with van der Waals surface area (Å²) in [6, 6.07) is 12.5. The molecule has 0 aliphatic heterocycles. The van der Waals surface area contributed by atoms with Crippen LogP contribution in [-0.2, 0) is 6.42 Å². The van der Waals surface area contributed by atoms with E-state index >= 15 is 0 Å². The Hall–Kier alpha value is -1.03. The number of benzene rings is 2. The van der Waals surface area contributed by atoms with E-state index in [2.05, 4.69) is 36.9 Å². The van der Waals surface area contributed by atoms with E-state index < -0.39 is 0 Å². The van der Waals surface area contributed by atoms with Gasteiger partial charge in [0.2, 0.25) is 0 Å². The second kappa shape index (κ2) is 4.33. The van der Waals surface area contributed by atoms with Crippen LogP contribution in [0.25, 0.3) is 20.2 Å². The Balaban J connectivity index is 2.47. The predicted molar refractivity (Wildman–Crippen MR) is 77.4 cm³/mol. The van der Waals surface area contributed by atoms with Crippen LogP contribution >= 0.6 is 24.0 Å². The molecule has 0 amide bonds.